The first kappa shape index (κ1) is 14.7. The summed E-state index contributed by atoms with van der Waals surface area (Å²) in [6.07, 6.45) is 4.29. The van der Waals surface area contributed by atoms with Gasteiger partial charge in [-0.05, 0) is 30.9 Å². The Bertz CT molecular complexity index is 411. The van der Waals surface area contributed by atoms with E-state index in [-0.39, 0.29) is 6.10 Å². The molecule has 0 aliphatic carbocycles. The Labute approximate surface area is 125 Å². The largest absolute Gasteiger partial charge is 0.381 e. The highest BCUT2D eigenvalue weighted by molar-refractivity contribution is 5.31. The predicted molar refractivity (Wildman–Crippen MR) is 80.2 cm³/mol. The Balaban J connectivity index is 1.42. The van der Waals surface area contributed by atoms with Crippen LogP contribution in [0, 0.1) is 5.92 Å². The molecular formula is C15H24N4O2. The van der Waals surface area contributed by atoms with Crippen molar-refractivity contribution >= 4 is 5.82 Å². The minimum atomic E-state index is 0.223. The Morgan fingerprint density at radius 3 is 3.00 bits per heavy atom. The van der Waals surface area contributed by atoms with Crippen LogP contribution >= 0.6 is 0 Å². The molecule has 2 fully saturated rings. The van der Waals surface area contributed by atoms with Crippen molar-refractivity contribution in [3.8, 4) is 0 Å². The SMILES string of the molecule is c1cnnc(NCC2CN(CC3CCOCC3)CCO2)c1. The van der Waals surface area contributed by atoms with Gasteiger partial charge < -0.3 is 14.8 Å². The van der Waals surface area contributed by atoms with Crippen LogP contribution < -0.4 is 5.32 Å². The van der Waals surface area contributed by atoms with Gasteiger partial charge in [0.05, 0.1) is 12.7 Å². The topological polar surface area (TPSA) is 59.5 Å². The van der Waals surface area contributed by atoms with Crippen LogP contribution in [0.25, 0.3) is 0 Å². The maximum atomic E-state index is 5.84. The zero-order chi connectivity index (χ0) is 14.3. The lowest BCUT2D eigenvalue weighted by atomic mass is 9.99. The van der Waals surface area contributed by atoms with Crippen molar-refractivity contribution < 1.29 is 9.47 Å². The van der Waals surface area contributed by atoms with Crippen LogP contribution in [0.1, 0.15) is 12.8 Å². The summed E-state index contributed by atoms with van der Waals surface area (Å²) in [7, 11) is 0. The molecule has 0 amide bonds. The van der Waals surface area contributed by atoms with E-state index < -0.39 is 0 Å². The van der Waals surface area contributed by atoms with Gasteiger partial charge >= 0.3 is 0 Å². The first-order valence-corrected chi connectivity index (χ1v) is 7.83. The first-order valence-electron chi connectivity index (χ1n) is 7.83. The van der Waals surface area contributed by atoms with Gasteiger partial charge in [-0.1, -0.05) is 0 Å². The van der Waals surface area contributed by atoms with Gasteiger partial charge in [0.2, 0.25) is 0 Å². The third kappa shape index (κ3) is 4.62. The molecule has 21 heavy (non-hydrogen) atoms. The van der Waals surface area contributed by atoms with Gasteiger partial charge in [0, 0.05) is 45.6 Å². The molecule has 1 unspecified atom stereocenters. The molecule has 1 atom stereocenters. The standard InChI is InChI=1S/C15H24N4O2/c1-2-15(18-17-5-1)16-10-14-12-19(6-9-21-14)11-13-3-7-20-8-4-13/h1-2,5,13-14H,3-4,6-12H2,(H,16,18). The molecule has 0 bridgehead atoms. The molecule has 116 valence electrons. The number of nitrogens with zero attached hydrogens (tertiary/aromatic N) is 3. The van der Waals surface area contributed by atoms with Crippen molar-refractivity contribution in [3.63, 3.8) is 0 Å². The second-order valence-electron chi connectivity index (χ2n) is 5.80. The summed E-state index contributed by atoms with van der Waals surface area (Å²) < 4.78 is 11.3. The molecule has 6 heteroatoms. The molecule has 0 spiro atoms. The van der Waals surface area contributed by atoms with Crippen molar-refractivity contribution in [1.82, 2.24) is 15.1 Å². The normalized spacial score (nSPS) is 24.9. The highest BCUT2D eigenvalue weighted by Gasteiger charge is 2.24. The van der Waals surface area contributed by atoms with E-state index in [0.29, 0.717) is 0 Å². The van der Waals surface area contributed by atoms with Gasteiger partial charge in [0.25, 0.3) is 0 Å². The fourth-order valence-electron chi connectivity index (χ4n) is 2.98. The van der Waals surface area contributed by atoms with E-state index in [4.69, 9.17) is 9.47 Å². The second-order valence-corrected chi connectivity index (χ2v) is 5.80. The van der Waals surface area contributed by atoms with Gasteiger partial charge in [0.15, 0.2) is 0 Å². The molecule has 0 saturated carbocycles. The average Bonchev–Trinajstić information content (AvgIpc) is 2.55. The van der Waals surface area contributed by atoms with E-state index in [1.165, 1.54) is 19.4 Å². The lowest BCUT2D eigenvalue weighted by Gasteiger charge is -2.36. The maximum absolute atomic E-state index is 5.84. The van der Waals surface area contributed by atoms with Crippen LogP contribution in [0.4, 0.5) is 5.82 Å². The number of ether oxygens (including phenoxy) is 2. The number of morpholine rings is 1. The lowest BCUT2D eigenvalue weighted by Crippen LogP contribution is -2.47. The molecule has 1 aromatic rings. The number of hydrogen-bond acceptors (Lipinski definition) is 6. The van der Waals surface area contributed by atoms with Crippen LogP contribution in [0.3, 0.4) is 0 Å². The van der Waals surface area contributed by atoms with Crippen LogP contribution in [0.15, 0.2) is 18.3 Å². The summed E-state index contributed by atoms with van der Waals surface area (Å²) in [4.78, 5) is 2.53. The molecule has 0 aromatic carbocycles. The van der Waals surface area contributed by atoms with Crippen LogP contribution in [0.5, 0.6) is 0 Å². The van der Waals surface area contributed by atoms with E-state index in [1.807, 2.05) is 12.1 Å². The van der Waals surface area contributed by atoms with Crippen LogP contribution in [0.2, 0.25) is 0 Å². The minimum absolute atomic E-state index is 0.223. The van der Waals surface area contributed by atoms with Crippen LogP contribution in [-0.2, 0) is 9.47 Å². The molecule has 2 saturated heterocycles. The summed E-state index contributed by atoms with van der Waals surface area (Å²) in [5.41, 5.74) is 0. The fraction of sp³-hybridized carbons (Fsp3) is 0.733. The van der Waals surface area contributed by atoms with E-state index >= 15 is 0 Å². The van der Waals surface area contributed by atoms with Gasteiger partial charge in [0.1, 0.15) is 5.82 Å². The molecule has 2 aliphatic rings. The van der Waals surface area contributed by atoms with Crippen molar-refractivity contribution in [1.29, 1.82) is 0 Å². The molecule has 1 N–H and O–H groups in total. The Morgan fingerprint density at radius 1 is 1.29 bits per heavy atom. The third-order valence-corrected chi connectivity index (χ3v) is 4.16. The highest BCUT2D eigenvalue weighted by atomic mass is 16.5. The Hall–Kier alpha value is -1.24. The second kappa shape index (κ2) is 7.68. The van der Waals surface area contributed by atoms with Crippen molar-refractivity contribution in [2.75, 3.05) is 51.3 Å². The zero-order valence-corrected chi connectivity index (χ0v) is 12.4. The summed E-state index contributed by atoms with van der Waals surface area (Å²) >= 11 is 0. The number of hydrogen-bond donors (Lipinski definition) is 1. The Morgan fingerprint density at radius 2 is 2.19 bits per heavy atom. The average molecular weight is 292 g/mol. The third-order valence-electron chi connectivity index (χ3n) is 4.16. The lowest BCUT2D eigenvalue weighted by molar-refractivity contribution is -0.0333. The van der Waals surface area contributed by atoms with E-state index in [1.54, 1.807) is 6.20 Å². The zero-order valence-electron chi connectivity index (χ0n) is 12.4. The number of rotatable bonds is 5. The van der Waals surface area contributed by atoms with E-state index in [2.05, 4.69) is 20.4 Å². The summed E-state index contributed by atoms with van der Waals surface area (Å²) in [5.74, 6) is 1.59. The van der Waals surface area contributed by atoms with E-state index in [9.17, 15) is 0 Å². The number of anilines is 1. The maximum Gasteiger partial charge on any atom is 0.148 e. The minimum Gasteiger partial charge on any atom is -0.381 e. The quantitative estimate of drug-likeness (QED) is 0.874. The Kier molecular flexibility index (Phi) is 5.37. The molecular weight excluding hydrogens is 268 g/mol. The monoisotopic (exact) mass is 292 g/mol. The first-order chi connectivity index (χ1) is 10.4. The van der Waals surface area contributed by atoms with Crippen molar-refractivity contribution in [2.24, 2.45) is 5.92 Å². The molecule has 3 rings (SSSR count). The van der Waals surface area contributed by atoms with Gasteiger partial charge in [-0.15, -0.1) is 5.10 Å². The molecule has 2 aliphatic heterocycles. The molecule has 6 nitrogen and oxygen atoms in total. The van der Waals surface area contributed by atoms with Gasteiger partial charge in [-0.25, -0.2) is 0 Å². The highest BCUT2D eigenvalue weighted by Crippen LogP contribution is 2.17. The number of aromatic nitrogens is 2. The number of nitrogens with one attached hydrogen (secondary N) is 1. The smallest absolute Gasteiger partial charge is 0.148 e. The summed E-state index contributed by atoms with van der Waals surface area (Å²) in [6.45, 7) is 6.65. The van der Waals surface area contributed by atoms with Crippen molar-refractivity contribution in [3.05, 3.63) is 18.3 Å². The van der Waals surface area contributed by atoms with Gasteiger partial charge in [-0.2, -0.15) is 5.10 Å². The fourth-order valence-corrected chi connectivity index (χ4v) is 2.98. The predicted octanol–water partition coefficient (Wildman–Crippen LogP) is 1.02. The molecule has 0 radical (unpaired) electrons. The van der Waals surface area contributed by atoms with Crippen LogP contribution in [-0.4, -0.2) is 67.2 Å². The van der Waals surface area contributed by atoms with E-state index in [0.717, 1.165) is 51.2 Å². The van der Waals surface area contributed by atoms with Gasteiger partial charge in [-0.3, -0.25) is 4.90 Å². The van der Waals surface area contributed by atoms with Crippen molar-refractivity contribution in [2.45, 2.75) is 18.9 Å². The summed E-state index contributed by atoms with van der Waals surface area (Å²) in [5, 5.41) is 11.2. The summed E-state index contributed by atoms with van der Waals surface area (Å²) in [6, 6.07) is 3.81. The molecule has 3 heterocycles. The molecule has 1 aromatic heterocycles.